The van der Waals surface area contributed by atoms with E-state index in [9.17, 15) is 0 Å². The lowest BCUT2D eigenvalue weighted by Crippen LogP contribution is -2.39. The van der Waals surface area contributed by atoms with Crippen molar-refractivity contribution in [3.63, 3.8) is 0 Å². The second-order valence-electron chi connectivity index (χ2n) is 4.85. The third-order valence-corrected chi connectivity index (χ3v) is 3.60. The van der Waals surface area contributed by atoms with E-state index >= 15 is 0 Å². The zero-order chi connectivity index (χ0) is 12.9. The van der Waals surface area contributed by atoms with Crippen LogP contribution in [-0.2, 0) is 4.74 Å². The second kappa shape index (κ2) is 5.99. The molecule has 1 aliphatic heterocycles. The molecule has 0 spiro atoms. The molecule has 4 nitrogen and oxygen atoms in total. The van der Waals surface area contributed by atoms with Gasteiger partial charge in [0.1, 0.15) is 5.82 Å². The monoisotopic (exact) mass is 257 g/mol. The smallest absolute Gasteiger partial charge is 0.114 e. The van der Waals surface area contributed by atoms with Crippen molar-refractivity contribution in [2.75, 3.05) is 32.8 Å². The highest BCUT2D eigenvalue weighted by Gasteiger charge is 2.21. The van der Waals surface area contributed by atoms with Gasteiger partial charge in [-0.25, -0.2) is 4.98 Å². The minimum atomic E-state index is 0.300. The molecule has 1 saturated heterocycles. The van der Waals surface area contributed by atoms with Crippen LogP contribution in [0.2, 0.25) is 0 Å². The van der Waals surface area contributed by atoms with Crippen molar-refractivity contribution >= 4 is 0 Å². The Morgan fingerprint density at radius 2 is 2.00 bits per heavy atom. The topological polar surface area (TPSA) is 41.1 Å². The van der Waals surface area contributed by atoms with Crippen LogP contribution in [-0.4, -0.2) is 47.7 Å². The number of imidazole rings is 1. The van der Waals surface area contributed by atoms with Crippen LogP contribution in [0.5, 0.6) is 0 Å². The molecule has 2 aromatic rings. The number of aromatic nitrogens is 2. The van der Waals surface area contributed by atoms with Crippen molar-refractivity contribution < 1.29 is 4.74 Å². The predicted molar refractivity (Wildman–Crippen MR) is 74.1 cm³/mol. The van der Waals surface area contributed by atoms with Crippen molar-refractivity contribution in [3.05, 3.63) is 54.1 Å². The lowest BCUT2D eigenvalue weighted by molar-refractivity contribution is 0.0362. The molecular weight excluding hydrogens is 238 g/mol. The van der Waals surface area contributed by atoms with Crippen LogP contribution in [0.1, 0.15) is 17.3 Å². The van der Waals surface area contributed by atoms with E-state index in [-0.39, 0.29) is 0 Å². The average molecular weight is 257 g/mol. The number of hydrogen-bond donors (Lipinski definition) is 1. The summed E-state index contributed by atoms with van der Waals surface area (Å²) in [6, 6.07) is 10.6. The van der Waals surface area contributed by atoms with Gasteiger partial charge in [-0.1, -0.05) is 30.3 Å². The van der Waals surface area contributed by atoms with Gasteiger partial charge in [0.05, 0.1) is 19.1 Å². The summed E-state index contributed by atoms with van der Waals surface area (Å²) in [5.41, 5.74) is 1.31. The van der Waals surface area contributed by atoms with Crippen LogP contribution in [0.25, 0.3) is 0 Å². The summed E-state index contributed by atoms with van der Waals surface area (Å²) in [6.07, 6.45) is 3.72. The van der Waals surface area contributed by atoms with Crippen molar-refractivity contribution in [2.24, 2.45) is 0 Å². The van der Waals surface area contributed by atoms with Gasteiger partial charge in [-0.05, 0) is 5.56 Å². The van der Waals surface area contributed by atoms with Crippen molar-refractivity contribution in [1.29, 1.82) is 0 Å². The van der Waals surface area contributed by atoms with Crippen LogP contribution < -0.4 is 0 Å². The van der Waals surface area contributed by atoms with E-state index in [1.165, 1.54) is 5.56 Å². The fourth-order valence-electron chi connectivity index (χ4n) is 2.55. The molecule has 0 saturated carbocycles. The molecule has 1 aromatic carbocycles. The third-order valence-electron chi connectivity index (χ3n) is 3.60. The fraction of sp³-hybridized carbons (Fsp3) is 0.400. The highest BCUT2D eigenvalue weighted by molar-refractivity contribution is 5.26. The first-order chi connectivity index (χ1) is 9.43. The molecule has 1 aromatic heterocycles. The van der Waals surface area contributed by atoms with Crippen molar-refractivity contribution in [1.82, 2.24) is 14.9 Å². The van der Waals surface area contributed by atoms with Crippen LogP contribution in [0.3, 0.4) is 0 Å². The lowest BCUT2D eigenvalue weighted by atomic mass is 9.97. The van der Waals surface area contributed by atoms with Crippen molar-refractivity contribution in [3.8, 4) is 0 Å². The number of H-pyrrole nitrogens is 1. The van der Waals surface area contributed by atoms with Gasteiger partial charge in [0.15, 0.2) is 0 Å². The fourth-order valence-corrected chi connectivity index (χ4v) is 2.55. The molecule has 1 unspecified atom stereocenters. The summed E-state index contributed by atoms with van der Waals surface area (Å²) in [6.45, 7) is 4.66. The first kappa shape index (κ1) is 12.4. The van der Waals surface area contributed by atoms with E-state index in [1.54, 1.807) is 0 Å². The van der Waals surface area contributed by atoms with E-state index in [0.717, 1.165) is 38.7 Å². The number of nitrogens with one attached hydrogen (secondary N) is 1. The molecule has 2 heterocycles. The maximum absolute atomic E-state index is 5.41. The zero-order valence-electron chi connectivity index (χ0n) is 11.0. The van der Waals surface area contributed by atoms with Gasteiger partial charge in [0.2, 0.25) is 0 Å². The molecule has 0 amide bonds. The molecule has 3 rings (SSSR count). The SMILES string of the molecule is c1ccc(C(CN2CCOCC2)c2ncc[nH]2)cc1. The van der Waals surface area contributed by atoms with E-state index in [2.05, 4.69) is 45.2 Å². The molecule has 0 aliphatic carbocycles. The Labute approximate surface area is 113 Å². The molecule has 1 fully saturated rings. The van der Waals surface area contributed by atoms with E-state index in [0.29, 0.717) is 5.92 Å². The van der Waals surface area contributed by atoms with Gasteiger partial charge < -0.3 is 9.72 Å². The number of nitrogens with zero attached hydrogens (tertiary/aromatic N) is 2. The number of aromatic amines is 1. The molecule has 100 valence electrons. The summed E-state index contributed by atoms with van der Waals surface area (Å²) >= 11 is 0. The Bertz CT molecular complexity index is 477. The van der Waals surface area contributed by atoms with Gasteiger partial charge in [-0.15, -0.1) is 0 Å². The van der Waals surface area contributed by atoms with Crippen molar-refractivity contribution in [2.45, 2.75) is 5.92 Å². The lowest BCUT2D eigenvalue weighted by Gasteiger charge is -2.30. The van der Waals surface area contributed by atoms with E-state index in [1.807, 2.05) is 12.4 Å². The van der Waals surface area contributed by atoms with Gasteiger partial charge in [-0.3, -0.25) is 4.90 Å². The Kier molecular flexibility index (Phi) is 3.91. The zero-order valence-corrected chi connectivity index (χ0v) is 11.0. The largest absolute Gasteiger partial charge is 0.379 e. The number of hydrogen-bond acceptors (Lipinski definition) is 3. The molecule has 0 bridgehead atoms. The summed E-state index contributed by atoms with van der Waals surface area (Å²) < 4.78 is 5.41. The Balaban J connectivity index is 1.80. The summed E-state index contributed by atoms with van der Waals surface area (Å²) in [5.74, 6) is 1.34. The highest BCUT2D eigenvalue weighted by Crippen LogP contribution is 2.23. The first-order valence-electron chi connectivity index (χ1n) is 6.78. The summed E-state index contributed by atoms with van der Waals surface area (Å²) in [7, 11) is 0. The van der Waals surface area contributed by atoms with Crippen LogP contribution in [0.15, 0.2) is 42.7 Å². The Morgan fingerprint density at radius 3 is 2.68 bits per heavy atom. The average Bonchev–Trinajstić information content (AvgIpc) is 3.01. The predicted octanol–water partition coefficient (Wildman–Crippen LogP) is 1.87. The van der Waals surface area contributed by atoms with Gasteiger partial charge in [-0.2, -0.15) is 0 Å². The van der Waals surface area contributed by atoms with Crippen LogP contribution >= 0.6 is 0 Å². The molecule has 19 heavy (non-hydrogen) atoms. The molecule has 1 atom stereocenters. The van der Waals surface area contributed by atoms with Gasteiger partial charge in [0.25, 0.3) is 0 Å². The standard InChI is InChI=1S/C15H19N3O/c1-2-4-13(5-3-1)14(15-16-6-7-17-15)12-18-8-10-19-11-9-18/h1-7,14H,8-12H2,(H,16,17). The third kappa shape index (κ3) is 3.03. The summed E-state index contributed by atoms with van der Waals surface area (Å²) in [4.78, 5) is 10.1. The number of ether oxygens (including phenoxy) is 1. The highest BCUT2D eigenvalue weighted by atomic mass is 16.5. The van der Waals surface area contributed by atoms with E-state index in [4.69, 9.17) is 4.74 Å². The Hall–Kier alpha value is -1.65. The normalized spacial score (nSPS) is 18.3. The quantitative estimate of drug-likeness (QED) is 0.909. The molecule has 1 N–H and O–H groups in total. The number of morpholine rings is 1. The Morgan fingerprint density at radius 1 is 1.21 bits per heavy atom. The van der Waals surface area contributed by atoms with Crippen LogP contribution in [0, 0.1) is 0 Å². The number of benzene rings is 1. The molecule has 1 aliphatic rings. The molecule has 4 heteroatoms. The second-order valence-corrected chi connectivity index (χ2v) is 4.85. The van der Waals surface area contributed by atoms with Gasteiger partial charge >= 0.3 is 0 Å². The van der Waals surface area contributed by atoms with Gasteiger partial charge in [0, 0.05) is 32.0 Å². The minimum absolute atomic E-state index is 0.300. The molecular formula is C15H19N3O. The first-order valence-corrected chi connectivity index (χ1v) is 6.78. The van der Waals surface area contributed by atoms with E-state index < -0.39 is 0 Å². The van der Waals surface area contributed by atoms with Crippen LogP contribution in [0.4, 0.5) is 0 Å². The molecule has 0 radical (unpaired) electrons. The maximum atomic E-state index is 5.41. The maximum Gasteiger partial charge on any atom is 0.114 e. The number of rotatable bonds is 4. The minimum Gasteiger partial charge on any atom is -0.379 e. The summed E-state index contributed by atoms with van der Waals surface area (Å²) in [5, 5.41) is 0.